The van der Waals surface area contributed by atoms with Crippen LogP contribution in [0.2, 0.25) is 0 Å². The van der Waals surface area contributed by atoms with Crippen LogP contribution in [0.5, 0.6) is 0 Å². The first-order valence-electron chi connectivity index (χ1n) is 6.08. The van der Waals surface area contributed by atoms with Crippen molar-refractivity contribution in [3.63, 3.8) is 0 Å². The van der Waals surface area contributed by atoms with Gasteiger partial charge in [-0.25, -0.2) is 0 Å². The molecule has 0 aliphatic heterocycles. The van der Waals surface area contributed by atoms with Crippen LogP contribution in [0, 0.1) is 6.92 Å². The summed E-state index contributed by atoms with van der Waals surface area (Å²) in [6.45, 7) is 8.80. The lowest BCUT2D eigenvalue weighted by Crippen LogP contribution is -2.14. The fourth-order valence-corrected chi connectivity index (χ4v) is 1.54. The van der Waals surface area contributed by atoms with Crippen molar-refractivity contribution in [1.29, 1.82) is 0 Å². The van der Waals surface area contributed by atoms with Gasteiger partial charge < -0.3 is 14.8 Å². The van der Waals surface area contributed by atoms with Crippen LogP contribution in [-0.2, 0) is 22.6 Å². The smallest absolute Gasteiger partial charge is 0.0701 e. The molecule has 0 amide bonds. The molecule has 0 aromatic carbocycles. The monoisotopic (exact) mass is 241 g/mol. The molecule has 0 spiro atoms. The Hall–Kier alpha value is -0.910. The van der Waals surface area contributed by atoms with E-state index in [1.807, 2.05) is 10.9 Å². The fraction of sp³-hybridized carbons (Fsp3) is 0.750. The van der Waals surface area contributed by atoms with Crippen LogP contribution in [-0.4, -0.2) is 43.3 Å². The summed E-state index contributed by atoms with van der Waals surface area (Å²) in [5.41, 5.74) is 2.46. The number of aromatic nitrogens is 2. The molecule has 5 heteroatoms. The molecule has 1 N–H and O–H groups in total. The van der Waals surface area contributed by atoms with Crippen LogP contribution >= 0.6 is 0 Å². The average molecular weight is 241 g/mol. The second kappa shape index (κ2) is 8.22. The van der Waals surface area contributed by atoms with Crippen molar-refractivity contribution in [2.24, 2.45) is 0 Å². The number of ether oxygens (including phenoxy) is 2. The molecule has 0 radical (unpaired) electrons. The largest absolute Gasteiger partial charge is 0.382 e. The van der Waals surface area contributed by atoms with Gasteiger partial charge >= 0.3 is 0 Å². The molecule has 98 valence electrons. The quantitative estimate of drug-likeness (QED) is 0.654. The third-order valence-corrected chi connectivity index (χ3v) is 2.65. The topological polar surface area (TPSA) is 48.3 Å². The zero-order valence-corrected chi connectivity index (χ0v) is 11.0. The van der Waals surface area contributed by atoms with E-state index in [1.54, 1.807) is 7.11 Å². The maximum atomic E-state index is 5.42. The standard InChI is InChI=1S/C12H23N3O2/c1-4-13-9-12-10-14-15(11(12)2)5-6-17-8-7-16-3/h10,13H,4-9H2,1-3H3. The molecule has 0 aliphatic rings. The number of nitrogens with one attached hydrogen (secondary N) is 1. The summed E-state index contributed by atoms with van der Waals surface area (Å²) in [6, 6.07) is 0. The lowest BCUT2D eigenvalue weighted by atomic mass is 10.2. The fourth-order valence-electron chi connectivity index (χ4n) is 1.54. The van der Waals surface area contributed by atoms with Crippen LogP contribution in [0.25, 0.3) is 0 Å². The number of methoxy groups -OCH3 is 1. The highest BCUT2D eigenvalue weighted by atomic mass is 16.5. The molecule has 1 heterocycles. The summed E-state index contributed by atoms with van der Waals surface area (Å²) >= 11 is 0. The predicted octanol–water partition coefficient (Wildman–Crippen LogP) is 0.964. The van der Waals surface area contributed by atoms with Crippen molar-refractivity contribution in [1.82, 2.24) is 15.1 Å². The first-order valence-corrected chi connectivity index (χ1v) is 6.08. The lowest BCUT2D eigenvalue weighted by Gasteiger charge is -2.07. The van der Waals surface area contributed by atoms with Crippen molar-refractivity contribution < 1.29 is 9.47 Å². The van der Waals surface area contributed by atoms with Crippen LogP contribution in [0.15, 0.2) is 6.20 Å². The van der Waals surface area contributed by atoms with Gasteiger partial charge in [-0.05, 0) is 13.5 Å². The summed E-state index contributed by atoms with van der Waals surface area (Å²) in [5.74, 6) is 0. The minimum Gasteiger partial charge on any atom is -0.382 e. The molecule has 0 saturated carbocycles. The summed E-state index contributed by atoms with van der Waals surface area (Å²) in [6.07, 6.45) is 1.92. The van der Waals surface area contributed by atoms with E-state index in [-0.39, 0.29) is 0 Å². The Labute approximate surface area is 103 Å². The first-order chi connectivity index (χ1) is 8.29. The van der Waals surface area contributed by atoms with Gasteiger partial charge in [0.15, 0.2) is 0 Å². The van der Waals surface area contributed by atoms with E-state index in [9.17, 15) is 0 Å². The van der Waals surface area contributed by atoms with E-state index in [2.05, 4.69) is 24.3 Å². The van der Waals surface area contributed by atoms with E-state index < -0.39 is 0 Å². The molecule has 0 fully saturated rings. The van der Waals surface area contributed by atoms with Gasteiger partial charge in [0.2, 0.25) is 0 Å². The maximum Gasteiger partial charge on any atom is 0.0701 e. The third kappa shape index (κ3) is 4.85. The molecule has 5 nitrogen and oxygen atoms in total. The Balaban J connectivity index is 2.30. The average Bonchev–Trinajstić information content (AvgIpc) is 2.68. The van der Waals surface area contributed by atoms with Crippen LogP contribution < -0.4 is 5.32 Å². The Bertz CT molecular complexity index is 313. The van der Waals surface area contributed by atoms with E-state index in [0.29, 0.717) is 19.8 Å². The first kappa shape index (κ1) is 14.2. The minimum atomic E-state index is 0.640. The van der Waals surface area contributed by atoms with Gasteiger partial charge in [0, 0.05) is 24.9 Å². The molecule has 17 heavy (non-hydrogen) atoms. The zero-order valence-electron chi connectivity index (χ0n) is 11.0. The Morgan fingerprint density at radius 3 is 2.88 bits per heavy atom. The van der Waals surface area contributed by atoms with Gasteiger partial charge in [0.05, 0.1) is 32.6 Å². The second-order valence-electron chi connectivity index (χ2n) is 3.86. The van der Waals surface area contributed by atoms with Gasteiger partial charge in [0.25, 0.3) is 0 Å². The van der Waals surface area contributed by atoms with E-state index in [1.165, 1.54) is 11.3 Å². The van der Waals surface area contributed by atoms with E-state index in [0.717, 1.165) is 19.6 Å². The molecule has 0 unspecified atom stereocenters. The Kier molecular flexibility index (Phi) is 6.84. The van der Waals surface area contributed by atoms with Crippen molar-refractivity contribution in [3.8, 4) is 0 Å². The van der Waals surface area contributed by atoms with Gasteiger partial charge in [-0.3, -0.25) is 4.68 Å². The molecule has 0 saturated heterocycles. The number of hydrogen-bond donors (Lipinski definition) is 1. The van der Waals surface area contributed by atoms with Crippen molar-refractivity contribution in [2.75, 3.05) is 33.5 Å². The zero-order chi connectivity index (χ0) is 12.5. The lowest BCUT2D eigenvalue weighted by molar-refractivity contribution is 0.0652. The molecular weight excluding hydrogens is 218 g/mol. The Morgan fingerprint density at radius 2 is 2.18 bits per heavy atom. The third-order valence-electron chi connectivity index (χ3n) is 2.65. The molecular formula is C12H23N3O2. The van der Waals surface area contributed by atoms with Gasteiger partial charge in [-0.1, -0.05) is 6.92 Å². The van der Waals surface area contributed by atoms with Gasteiger partial charge in [-0.2, -0.15) is 5.10 Å². The van der Waals surface area contributed by atoms with E-state index in [4.69, 9.17) is 9.47 Å². The Morgan fingerprint density at radius 1 is 1.35 bits per heavy atom. The molecule has 1 aromatic heterocycles. The highest BCUT2D eigenvalue weighted by Gasteiger charge is 2.05. The van der Waals surface area contributed by atoms with Crippen molar-refractivity contribution in [2.45, 2.75) is 26.9 Å². The normalized spacial score (nSPS) is 11.0. The number of hydrogen-bond acceptors (Lipinski definition) is 4. The van der Waals surface area contributed by atoms with Crippen LogP contribution in [0.4, 0.5) is 0 Å². The molecule has 0 atom stereocenters. The molecule has 1 rings (SSSR count). The summed E-state index contributed by atoms with van der Waals surface area (Å²) in [4.78, 5) is 0. The second-order valence-corrected chi connectivity index (χ2v) is 3.86. The maximum absolute atomic E-state index is 5.42. The molecule has 0 bridgehead atoms. The van der Waals surface area contributed by atoms with Crippen molar-refractivity contribution in [3.05, 3.63) is 17.5 Å². The summed E-state index contributed by atoms with van der Waals surface area (Å²) < 4.78 is 12.3. The minimum absolute atomic E-state index is 0.640. The summed E-state index contributed by atoms with van der Waals surface area (Å²) in [7, 11) is 1.67. The van der Waals surface area contributed by atoms with Gasteiger partial charge in [-0.15, -0.1) is 0 Å². The highest BCUT2D eigenvalue weighted by molar-refractivity contribution is 5.15. The number of nitrogens with zero attached hydrogens (tertiary/aromatic N) is 2. The summed E-state index contributed by atoms with van der Waals surface area (Å²) in [5, 5.41) is 7.65. The molecule has 0 aliphatic carbocycles. The van der Waals surface area contributed by atoms with Crippen LogP contribution in [0.1, 0.15) is 18.2 Å². The van der Waals surface area contributed by atoms with Crippen LogP contribution in [0.3, 0.4) is 0 Å². The van der Waals surface area contributed by atoms with Gasteiger partial charge in [0.1, 0.15) is 0 Å². The highest BCUT2D eigenvalue weighted by Crippen LogP contribution is 2.06. The van der Waals surface area contributed by atoms with E-state index >= 15 is 0 Å². The number of rotatable bonds is 9. The SMILES string of the molecule is CCNCc1cnn(CCOCCOC)c1C. The molecule has 1 aromatic rings. The predicted molar refractivity (Wildman–Crippen MR) is 67.0 cm³/mol. The van der Waals surface area contributed by atoms with Crippen molar-refractivity contribution >= 4 is 0 Å².